The highest BCUT2D eigenvalue weighted by molar-refractivity contribution is 7.89. The molecule has 29 heavy (non-hydrogen) atoms. The molecule has 0 aliphatic carbocycles. The first-order chi connectivity index (χ1) is 13.6. The molecule has 1 N–H and O–H groups in total. The maximum Gasteiger partial charge on any atom is 0.273 e. The maximum atomic E-state index is 12.3. The highest BCUT2D eigenvalue weighted by atomic mass is 32.2. The van der Waals surface area contributed by atoms with Crippen LogP contribution in [0.5, 0.6) is 11.5 Å². The Morgan fingerprint density at radius 1 is 1.17 bits per heavy atom. The molecule has 0 saturated carbocycles. The molecule has 2 rings (SSSR count). The lowest BCUT2D eigenvalue weighted by molar-refractivity contribution is -0.385. The fourth-order valence-electron chi connectivity index (χ4n) is 2.33. The number of nitrogens with one attached hydrogen (secondary N) is 1. The number of amides is 1. The van der Waals surface area contributed by atoms with Gasteiger partial charge in [0, 0.05) is 25.8 Å². The number of hydrogen-bond donors (Lipinski definition) is 1. The smallest absolute Gasteiger partial charge is 0.273 e. The lowest BCUT2D eigenvalue weighted by Gasteiger charge is -2.15. The first-order valence-corrected chi connectivity index (χ1v) is 9.78. The predicted molar refractivity (Wildman–Crippen MR) is 106 cm³/mol. The van der Waals surface area contributed by atoms with Crippen molar-refractivity contribution in [2.75, 3.05) is 33.1 Å². The standard InChI is InChI=1S/C18H21N3O7S/c1-12-5-7-14(29(25,26)20(2)3)10-15(12)19-18(22)11-28-17-9-13(21(23)24)6-8-16(17)27-4/h5-10H,11H2,1-4H3,(H,19,22). The number of hydrogen-bond acceptors (Lipinski definition) is 7. The summed E-state index contributed by atoms with van der Waals surface area (Å²) < 4.78 is 36.0. The normalized spacial score (nSPS) is 11.2. The fraction of sp³-hybridized carbons (Fsp3) is 0.278. The number of rotatable bonds is 8. The minimum Gasteiger partial charge on any atom is -0.493 e. The number of non-ortho nitro benzene ring substituents is 1. The van der Waals surface area contributed by atoms with Gasteiger partial charge in [0.05, 0.1) is 23.0 Å². The molecule has 2 aromatic carbocycles. The average molecular weight is 423 g/mol. The molecule has 0 unspecified atom stereocenters. The third-order valence-electron chi connectivity index (χ3n) is 3.98. The van der Waals surface area contributed by atoms with Gasteiger partial charge in [-0.05, 0) is 30.7 Å². The van der Waals surface area contributed by atoms with Crippen molar-refractivity contribution in [3.05, 3.63) is 52.1 Å². The van der Waals surface area contributed by atoms with Gasteiger partial charge in [-0.1, -0.05) is 6.07 Å². The second-order valence-corrected chi connectivity index (χ2v) is 8.35. The number of anilines is 1. The number of nitro benzene ring substituents is 1. The number of carbonyl (C=O) groups excluding carboxylic acids is 1. The lowest BCUT2D eigenvalue weighted by atomic mass is 10.2. The van der Waals surface area contributed by atoms with Gasteiger partial charge >= 0.3 is 0 Å². The minimum atomic E-state index is -3.66. The average Bonchev–Trinajstić information content (AvgIpc) is 2.67. The van der Waals surface area contributed by atoms with E-state index >= 15 is 0 Å². The Hall–Kier alpha value is -3.18. The van der Waals surface area contributed by atoms with Crippen molar-refractivity contribution in [3.8, 4) is 11.5 Å². The number of nitro groups is 1. The second kappa shape index (κ2) is 8.88. The van der Waals surface area contributed by atoms with Gasteiger partial charge in [-0.3, -0.25) is 14.9 Å². The van der Waals surface area contributed by atoms with Gasteiger partial charge in [-0.15, -0.1) is 0 Å². The zero-order valence-electron chi connectivity index (χ0n) is 16.3. The third kappa shape index (κ3) is 5.21. The molecule has 10 nitrogen and oxygen atoms in total. The van der Waals surface area contributed by atoms with Crippen LogP contribution < -0.4 is 14.8 Å². The van der Waals surface area contributed by atoms with Crippen molar-refractivity contribution in [2.45, 2.75) is 11.8 Å². The molecule has 1 amide bonds. The molecular weight excluding hydrogens is 402 g/mol. The number of methoxy groups -OCH3 is 1. The van der Waals surface area contributed by atoms with E-state index < -0.39 is 27.5 Å². The Morgan fingerprint density at radius 3 is 2.45 bits per heavy atom. The molecule has 0 radical (unpaired) electrons. The summed E-state index contributed by atoms with van der Waals surface area (Å²) in [5, 5.41) is 13.5. The highest BCUT2D eigenvalue weighted by Gasteiger charge is 2.19. The zero-order chi connectivity index (χ0) is 21.8. The maximum absolute atomic E-state index is 12.3. The van der Waals surface area contributed by atoms with Gasteiger partial charge < -0.3 is 14.8 Å². The van der Waals surface area contributed by atoms with Crippen LogP contribution in [-0.4, -0.2) is 51.4 Å². The van der Waals surface area contributed by atoms with Gasteiger partial charge in [-0.25, -0.2) is 12.7 Å². The van der Waals surface area contributed by atoms with Crippen LogP contribution >= 0.6 is 0 Å². The quantitative estimate of drug-likeness (QED) is 0.509. The molecular formula is C18H21N3O7S. The number of sulfonamides is 1. The zero-order valence-corrected chi connectivity index (χ0v) is 17.1. The second-order valence-electron chi connectivity index (χ2n) is 6.19. The molecule has 2 aromatic rings. The Balaban J connectivity index is 2.16. The first-order valence-electron chi connectivity index (χ1n) is 8.34. The third-order valence-corrected chi connectivity index (χ3v) is 5.79. The minimum absolute atomic E-state index is 0.0321. The molecule has 0 fully saturated rings. The van der Waals surface area contributed by atoms with Crippen LogP contribution in [0.25, 0.3) is 0 Å². The largest absolute Gasteiger partial charge is 0.493 e. The van der Waals surface area contributed by atoms with Gasteiger partial charge in [0.2, 0.25) is 10.0 Å². The van der Waals surface area contributed by atoms with E-state index in [0.29, 0.717) is 11.3 Å². The Bertz CT molecular complexity index is 1040. The van der Waals surface area contributed by atoms with Crippen LogP contribution in [0.1, 0.15) is 5.56 Å². The molecule has 0 aliphatic rings. The van der Waals surface area contributed by atoms with E-state index in [9.17, 15) is 23.3 Å². The Morgan fingerprint density at radius 2 is 1.86 bits per heavy atom. The molecule has 0 heterocycles. The molecule has 0 aliphatic heterocycles. The van der Waals surface area contributed by atoms with Crippen molar-refractivity contribution in [1.29, 1.82) is 0 Å². The van der Waals surface area contributed by atoms with Gasteiger partial charge in [-0.2, -0.15) is 0 Å². The van der Waals surface area contributed by atoms with E-state index in [1.807, 2.05) is 0 Å². The van der Waals surface area contributed by atoms with Crippen molar-refractivity contribution >= 4 is 27.3 Å². The fourth-order valence-corrected chi connectivity index (χ4v) is 3.26. The van der Waals surface area contributed by atoms with Gasteiger partial charge in [0.1, 0.15) is 0 Å². The first kappa shape index (κ1) is 22.1. The SMILES string of the molecule is COc1ccc([N+](=O)[O-])cc1OCC(=O)Nc1cc(S(=O)(=O)N(C)C)ccc1C. The summed E-state index contributed by atoms with van der Waals surface area (Å²) in [5.41, 5.74) is 0.759. The number of carbonyl (C=O) groups is 1. The summed E-state index contributed by atoms with van der Waals surface area (Å²) in [6, 6.07) is 8.16. The molecule has 0 spiro atoms. The van der Waals surface area contributed by atoms with E-state index in [1.165, 1.54) is 45.5 Å². The van der Waals surface area contributed by atoms with E-state index in [4.69, 9.17) is 9.47 Å². The molecule has 0 saturated heterocycles. The number of nitrogens with zero attached hydrogens (tertiary/aromatic N) is 2. The van der Waals surface area contributed by atoms with Crippen molar-refractivity contribution in [3.63, 3.8) is 0 Å². The van der Waals surface area contributed by atoms with Crippen LogP contribution in [0.2, 0.25) is 0 Å². The molecule has 0 aromatic heterocycles. The number of ether oxygens (including phenoxy) is 2. The Kier molecular flexibility index (Phi) is 6.77. The van der Waals surface area contributed by atoms with Crippen molar-refractivity contribution < 1.29 is 27.6 Å². The van der Waals surface area contributed by atoms with E-state index in [2.05, 4.69) is 5.32 Å². The van der Waals surface area contributed by atoms with Crippen LogP contribution in [0.4, 0.5) is 11.4 Å². The van der Waals surface area contributed by atoms with E-state index in [-0.39, 0.29) is 22.1 Å². The molecule has 0 atom stereocenters. The van der Waals surface area contributed by atoms with Gasteiger partial charge in [0.15, 0.2) is 18.1 Å². The molecule has 156 valence electrons. The van der Waals surface area contributed by atoms with Crippen LogP contribution in [0.3, 0.4) is 0 Å². The van der Waals surface area contributed by atoms with Crippen LogP contribution in [-0.2, 0) is 14.8 Å². The molecule has 11 heteroatoms. The summed E-state index contributed by atoms with van der Waals surface area (Å²) in [4.78, 5) is 22.6. The van der Waals surface area contributed by atoms with E-state index in [0.717, 1.165) is 10.4 Å². The summed E-state index contributed by atoms with van der Waals surface area (Å²) in [7, 11) is 0.531. The van der Waals surface area contributed by atoms with Crippen LogP contribution in [0.15, 0.2) is 41.3 Å². The number of aryl methyl sites for hydroxylation is 1. The van der Waals surface area contributed by atoms with Crippen molar-refractivity contribution in [1.82, 2.24) is 4.31 Å². The molecule has 0 bridgehead atoms. The van der Waals surface area contributed by atoms with E-state index in [1.54, 1.807) is 13.0 Å². The van der Waals surface area contributed by atoms with Crippen molar-refractivity contribution in [2.24, 2.45) is 0 Å². The summed E-state index contributed by atoms with van der Waals surface area (Å²) in [6.07, 6.45) is 0. The summed E-state index contributed by atoms with van der Waals surface area (Å²) >= 11 is 0. The Labute approximate surface area is 168 Å². The lowest BCUT2D eigenvalue weighted by Crippen LogP contribution is -2.23. The summed E-state index contributed by atoms with van der Waals surface area (Å²) in [5.74, 6) is -0.294. The predicted octanol–water partition coefficient (Wildman–Crippen LogP) is 2.18. The topological polar surface area (TPSA) is 128 Å². The van der Waals surface area contributed by atoms with Gasteiger partial charge in [0.25, 0.3) is 11.6 Å². The highest BCUT2D eigenvalue weighted by Crippen LogP contribution is 2.31. The summed E-state index contributed by atoms with van der Waals surface area (Å²) in [6.45, 7) is 1.26. The monoisotopic (exact) mass is 423 g/mol. The number of benzene rings is 2. The van der Waals surface area contributed by atoms with Crippen LogP contribution in [0, 0.1) is 17.0 Å².